The molecule has 4 nitrogen and oxygen atoms in total. The van der Waals surface area contributed by atoms with Crippen molar-refractivity contribution in [3.63, 3.8) is 0 Å². The van der Waals surface area contributed by atoms with Crippen molar-refractivity contribution in [3.8, 4) is 0 Å². The van der Waals surface area contributed by atoms with Crippen LogP contribution in [-0.2, 0) is 16.2 Å². The molecule has 0 saturated carbocycles. The fraction of sp³-hybridized carbons (Fsp3) is 0.611. The van der Waals surface area contributed by atoms with Gasteiger partial charge < -0.3 is 14.0 Å². The van der Waals surface area contributed by atoms with Crippen LogP contribution in [0.15, 0.2) is 18.5 Å². The Labute approximate surface area is 144 Å². The van der Waals surface area contributed by atoms with E-state index in [0.29, 0.717) is 23.7 Å². The average molecular weight is 351 g/mol. The lowest BCUT2D eigenvalue weighted by Crippen LogP contribution is -2.22. The molecule has 1 fully saturated rings. The van der Waals surface area contributed by atoms with Gasteiger partial charge in [0.05, 0.1) is 5.39 Å². The quantitative estimate of drug-likeness (QED) is 0.573. The van der Waals surface area contributed by atoms with Gasteiger partial charge in [0.15, 0.2) is 0 Å². The third kappa shape index (κ3) is 4.04. The Morgan fingerprint density at radius 2 is 2.08 bits per heavy atom. The van der Waals surface area contributed by atoms with Gasteiger partial charge in [-0.05, 0) is 30.4 Å². The maximum Gasteiger partial charge on any atom is 0.144 e. The van der Waals surface area contributed by atoms with E-state index >= 15 is 0 Å². The number of rotatable bonds is 6. The summed E-state index contributed by atoms with van der Waals surface area (Å²) >= 11 is 0. The summed E-state index contributed by atoms with van der Waals surface area (Å²) in [6, 6.07) is 2.57. The highest BCUT2D eigenvalue weighted by atomic mass is 28.3. The van der Waals surface area contributed by atoms with Gasteiger partial charge in [-0.1, -0.05) is 0 Å². The maximum absolute atomic E-state index is 14.4. The smallest absolute Gasteiger partial charge is 0.144 e. The summed E-state index contributed by atoms with van der Waals surface area (Å²) in [5, 5.41) is 0.651. The molecule has 0 aromatic carbocycles. The number of hydrogen-bond acceptors (Lipinski definition) is 3. The second-order valence-corrected chi connectivity index (χ2v) is 13.4. The first kappa shape index (κ1) is 17.6. The highest BCUT2D eigenvalue weighted by molar-refractivity contribution is 6.76. The van der Waals surface area contributed by atoms with E-state index in [1.807, 2.05) is 10.8 Å². The van der Waals surface area contributed by atoms with Gasteiger partial charge in [0.1, 0.15) is 18.2 Å². The van der Waals surface area contributed by atoms with Crippen LogP contribution in [0.2, 0.25) is 25.7 Å². The Kier molecular flexibility index (Phi) is 5.37. The van der Waals surface area contributed by atoms with Crippen molar-refractivity contribution >= 4 is 19.1 Å². The van der Waals surface area contributed by atoms with Crippen LogP contribution in [0.5, 0.6) is 0 Å². The van der Waals surface area contributed by atoms with Crippen LogP contribution in [0, 0.1) is 5.82 Å². The summed E-state index contributed by atoms with van der Waals surface area (Å²) in [5.41, 5.74) is 1.73. The second kappa shape index (κ2) is 7.33. The first-order chi connectivity index (χ1) is 11.5. The van der Waals surface area contributed by atoms with Crippen LogP contribution < -0.4 is 0 Å². The lowest BCUT2D eigenvalue weighted by Gasteiger charge is -2.26. The molecule has 0 radical (unpaired) electrons. The number of aromatic nitrogens is 2. The predicted octanol–water partition coefficient (Wildman–Crippen LogP) is 4.38. The third-order valence-electron chi connectivity index (χ3n) is 4.62. The van der Waals surface area contributed by atoms with E-state index in [2.05, 4.69) is 24.6 Å². The molecule has 1 aliphatic heterocycles. The zero-order chi connectivity index (χ0) is 17.2. The van der Waals surface area contributed by atoms with Crippen LogP contribution in [0.1, 0.15) is 24.3 Å². The second-order valence-electron chi connectivity index (χ2n) is 7.78. The monoisotopic (exact) mass is 350 g/mol. The predicted molar refractivity (Wildman–Crippen MR) is 96.6 cm³/mol. The van der Waals surface area contributed by atoms with Gasteiger partial charge in [0.25, 0.3) is 0 Å². The molecule has 0 atom stereocenters. The van der Waals surface area contributed by atoms with E-state index in [9.17, 15) is 4.39 Å². The molecular weight excluding hydrogens is 323 g/mol. The molecule has 6 heteroatoms. The van der Waals surface area contributed by atoms with Crippen molar-refractivity contribution in [3.05, 3.63) is 29.8 Å². The minimum atomic E-state index is -1.10. The maximum atomic E-state index is 14.4. The molecule has 1 aliphatic rings. The lowest BCUT2D eigenvalue weighted by atomic mass is 9.92. The molecule has 0 spiro atoms. The van der Waals surface area contributed by atoms with E-state index < -0.39 is 8.07 Å². The zero-order valence-electron chi connectivity index (χ0n) is 14.8. The molecule has 24 heavy (non-hydrogen) atoms. The van der Waals surface area contributed by atoms with Crippen molar-refractivity contribution in [1.82, 2.24) is 9.55 Å². The molecule has 0 N–H and O–H groups in total. The van der Waals surface area contributed by atoms with Crippen LogP contribution in [-0.4, -0.2) is 37.4 Å². The third-order valence-corrected chi connectivity index (χ3v) is 6.33. The van der Waals surface area contributed by atoms with Crippen LogP contribution in [0.3, 0.4) is 0 Å². The Bertz CT molecular complexity index is 690. The molecule has 3 heterocycles. The number of pyridine rings is 1. The molecule has 2 aromatic rings. The van der Waals surface area contributed by atoms with E-state index in [1.165, 1.54) is 12.3 Å². The number of nitrogens with zero attached hydrogens (tertiary/aromatic N) is 2. The summed E-state index contributed by atoms with van der Waals surface area (Å²) < 4.78 is 27.7. The largest absolute Gasteiger partial charge is 0.381 e. The van der Waals surface area contributed by atoms with Crippen LogP contribution >= 0.6 is 0 Å². The SMILES string of the molecule is C[Si-](C)(C)CCOCn1cc(C2CCOCC2)c2c(F)ccnc21. The van der Waals surface area contributed by atoms with E-state index in [0.717, 1.165) is 44.3 Å². The summed E-state index contributed by atoms with van der Waals surface area (Å²) in [7, 11) is -1.10. The van der Waals surface area contributed by atoms with E-state index in [1.54, 1.807) is 0 Å². The Morgan fingerprint density at radius 3 is 2.79 bits per heavy atom. The van der Waals surface area contributed by atoms with Gasteiger partial charge in [0.2, 0.25) is 0 Å². The Morgan fingerprint density at radius 1 is 1.33 bits per heavy atom. The van der Waals surface area contributed by atoms with Crippen molar-refractivity contribution < 1.29 is 13.9 Å². The summed E-state index contributed by atoms with van der Waals surface area (Å²) in [4.78, 5) is 4.41. The summed E-state index contributed by atoms with van der Waals surface area (Å²) in [6.07, 6.45) is 5.43. The molecule has 2 aromatic heterocycles. The van der Waals surface area contributed by atoms with E-state index in [4.69, 9.17) is 9.47 Å². The fourth-order valence-corrected chi connectivity index (χ4v) is 3.92. The first-order valence-corrected chi connectivity index (χ1v) is 12.5. The van der Waals surface area contributed by atoms with Gasteiger partial charge in [-0.2, -0.15) is 19.6 Å². The Hall–Kier alpha value is -1.24. The summed E-state index contributed by atoms with van der Waals surface area (Å²) in [6.45, 7) is 9.67. The number of fused-ring (bicyclic) bond motifs is 1. The molecule has 1 saturated heterocycles. The minimum absolute atomic E-state index is 0.192. The lowest BCUT2D eigenvalue weighted by molar-refractivity contribution is 0.0840. The standard InChI is InChI=1S/C18H27FN2O2Si/c1-24(2,3)11-10-23-13-21-12-15(14-5-8-22-9-6-14)17-16(19)4-7-20-18(17)21/h4,7,12,14H,5-6,8-11,13H2,1-3H3/q-1. The number of halogens is 1. The van der Waals surface area contributed by atoms with Gasteiger partial charge >= 0.3 is 0 Å². The van der Waals surface area contributed by atoms with Gasteiger partial charge in [-0.3, -0.25) is 0 Å². The van der Waals surface area contributed by atoms with E-state index in [-0.39, 0.29) is 5.82 Å². The highest BCUT2D eigenvalue weighted by Gasteiger charge is 2.23. The number of ether oxygens (including phenoxy) is 2. The molecule has 0 unspecified atom stereocenters. The number of hydrogen-bond donors (Lipinski definition) is 0. The van der Waals surface area contributed by atoms with Crippen LogP contribution in [0.25, 0.3) is 11.0 Å². The highest BCUT2D eigenvalue weighted by Crippen LogP contribution is 2.34. The molecular formula is C18H27FN2O2Si-. The molecule has 0 amide bonds. The Balaban J connectivity index is 1.81. The molecule has 0 aliphatic carbocycles. The topological polar surface area (TPSA) is 36.3 Å². The van der Waals surface area contributed by atoms with Crippen molar-refractivity contribution in [1.29, 1.82) is 0 Å². The first-order valence-electron chi connectivity index (χ1n) is 8.74. The van der Waals surface area contributed by atoms with Gasteiger partial charge in [0, 0.05) is 32.2 Å². The molecule has 3 rings (SSSR count). The minimum Gasteiger partial charge on any atom is -0.381 e. The van der Waals surface area contributed by atoms with Gasteiger partial charge in [-0.15, -0.1) is 14.1 Å². The molecule has 0 bridgehead atoms. The van der Waals surface area contributed by atoms with Crippen molar-refractivity contribution in [2.75, 3.05) is 19.8 Å². The summed E-state index contributed by atoms with van der Waals surface area (Å²) in [5.74, 6) is 0.144. The van der Waals surface area contributed by atoms with Crippen molar-refractivity contribution in [2.24, 2.45) is 0 Å². The molecule has 133 valence electrons. The normalized spacial score (nSPS) is 16.8. The van der Waals surface area contributed by atoms with Crippen molar-refractivity contribution in [2.45, 2.75) is 51.2 Å². The fourth-order valence-electron chi connectivity index (χ4n) is 3.16. The van der Waals surface area contributed by atoms with Gasteiger partial charge in [-0.25, -0.2) is 9.37 Å². The van der Waals surface area contributed by atoms with Crippen LogP contribution in [0.4, 0.5) is 4.39 Å². The average Bonchev–Trinajstić information content (AvgIpc) is 2.92. The zero-order valence-corrected chi connectivity index (χ0v) is 15.8.